The maximum atomic E-state index is 10.7. The number of oxazole rings is 1. The first-order valence-corrected chi connectivity index (χ1v) is 5.41. The van der Waals surface area contributed by atoms with Crippen LogP contribution in [0.4, 0.5) is 0 Å². The van der Waals surface area contributed by atoms with E-state index in [2.05, 4.69) is 4.98 Å². The molecule has 0 saturated carbocycles. The molecular weight excluding hydrogens is 234 g/mol. The summed E-state index contributed by atoms with van der Waals surface area (Å²) in [6.45, 7) is 1.95. The molecule has 1 heterocycles. The van der Waals surface area contributed by atoms with Crippen LogP contribution < -0.4 is 4.74 Å². The van der Waals surface area contributed by atoms with Crippen LogP contribution in [0.1, 0.15) is 27.6 Å². The molecule has 1 N–H and O–H groups in total. The van der Waals surface area contributed by atoms with E-state index in [1.807, 2.05) is 25.1 Å². The molecule has 0 amide bonds. The molecule has 5 nitrogen and oxygen atoms in total. The molecule has 2 aromatic rings. The molecule has 0 aliphatic heterocycles. The number of benzene rings is 1. The summed E-state index contributed by atoms with van der Waals surface area (Å²) in [7, 11) is 1.62. The quantitative estimate of drug-likeness (QED) is 0.897. The van der Waals surface area contributed by atoms with Gasteiger partial charge in [-0.2, -0.15) is 0 Å². The molecule has 0 aliphatic carbocycles. The van der Waals surface area contributed by atoms with Gasteiger partial charge in [-0.05, 0) is 24.1 Å². The number of ether oxygens (including phenoxy) is 1. The summed E-state index contributed by atoms with van der Waals surface area (Å²) in [5.74, 6) is -0.0516. The van der Waals surface area contributed by atoms with Crippen molar-refractivity contribution in [2.45, 2.75) is 13.3 Å². The third kappa shape index (κ3) is 2.51. The van der Waals surface area contributed by atoms with Crippen molar-refractivity contribution in [2.75, 3.05) is 7.11 Å². The number of aromatic nitrogens is 1. The van der Waals surface area contributed by atoms with Gasteiger partial charge in [-0.1, -0.05) is 12.1 Å². The Morgan fingerprint density at radius 3 is 2.83 bits per heavy atom. The van der Waals surface area contributed by atoms with Crippen LogP contribution >= 0.6 is 0 Å². The maximum Gasteiger partial charge on any atom is 0.373 e. The Bertz CT molecular complexity index is 574. The molecule has 1 aromatic carbocycles. The zero-order chi connectivity index (χ0) is 13.1. The number of rotatable bonds is 4. The summed E-state index contributed by atoms with van der Waals surface area (Å²) >= 11 is 0. The van der Waals surface area contributed by atoms with Crippen LogP contribution in [0.5, 0.6) is 5.75 Å². The average molecular weight is 247 g/mol. The Balaban J connectivity index is 2.18. The fourth-order valence-electron chi connectivity index (χ4n) is 1.72. The van der Waals surface area contributed by atoms with E-state index in [0.717, 1.165) is 16.9 Å². The zero-order valence-corrected chi connectivity index (χ0v) is 10.1. The molecule has 0 unspecified atom stereocenters. The Morgan fingerprint density at radius 2 is 2.28 bits per heavy atom. The number of carboxylic acids is 1. The van der Waals surface area contributed by atoms with Crippen LogP contribution in [0.25, 0.3) is 0 Å². The average Bonchev–Trinajstić information content (AvgIpc) is 2.78. The Kier molecular flexibility index (Phi) is 3.32. The predicted octanol–water partition coefficient (Wildman–Crippen LogP) is 2.28. The fraction of sp³-hybridized carbons (Fsp3) is 0.231. The first-order valence-electron chi connectivity index (χ1n) is 5.41. The summed E-state index contributed by atoms with van der Waals surface area (Å²) in [4.78, 5) is 14.6. The minimum Gasteiger partial charge on any atom is -0.496 e. The normalized spacial score (nSPS) is 10.3. The van der Waals surface area contributed by atoms with Crippen LogP contribution in [-0.2, 0) is 6.42 Å². The summed E-state index contributed by atoms with van der Waals surface area (Å²) in [5, 5.41) is 8.73. The number of aromatic carboxylic acids is 1. The molecule has 5 heteroatoms. The third-order valence-corrected chi connectivity index (χ3v) is 2.58. The predicted molar refractivity (Wildman–Crippen MR) is 64.0 cm³/mol. The van der Waals surface area contributed by atoms with Gasteiger partial charge in [0, 0.05) is 6.42 Å². The lowest BCUT2D eigenvalue weighted by atomic mass is 10.1. The third-order valence-electron chi connectivity index (χ3n) is 2.58. The van der Waals surface area contributed by atoms with Crippen molar-refractivity contribution in [3.05, 3.63) is 47.2 Å². The number of hydrogen-bond donors (Lipinski definition) is 1. The lowest BCUT2D eigenvalue weighted by Gasteiger charge is -2.05. The van der Waals surface area contributed by atoms with Gasteiger partial charge in [-0.15, -0.1) is 0 Å². The van der Waals surface area contributed by atoms with Crippen molar-refractivity contribution >= 4 is 5.97 Å². The molecule has 0 radical (unpaired) electrons. The van der Waals surface area contributed by atoms with Crippen LogP contribution in [-0.4, -0.2) is 23.2 Å². The van der Waals surface area contributed by atoms with Crippen LogP contribution in [0.15, 0.2) is 28.8 Å². The molecule has 0 fully saturated rings. The Labute approximate surface area is 104 Å². The van der Waals surface area contributed by atoms with Gasteiger partial charge in [0.15, 0.2) is 5.89 Å². The molecule has 1 aromatic heterocycles. The Morgan fingerprint density at radius 1 is 1.50 bits per heavy atom. The lowest BCUT2D eigenvalue weighted by molar-refractivity contribution is 0.0660. The van der Waals surface area contributed by atoms with Crippen molar-refractivity contribution in [3.63, 3.8) is 0 Å². The zero-order valence-electron chi connectivity index (χ0n) is 10.1. The van der Waals surface area contributed by atoms with Crippen LogP contribution in [0.2, 0.25) is 0 Å². The number of carboxylic acid groups (broad SMARTS) is 1. The molecule has 2 rings (SSSR count). The highest BCUT2D eigenvalue weighted by molar-refractivity contribution is 5.83. The standard InChI is InChI=1S/C13H13NO4/c1-8-5-9(3-4-10(8)17-2)6-12-14-7-11(18-12)13(15)16/h3-5,7H,6H2,1-2H3,(H,15,16). The highest BCUT2D eigenvalue weighted by atomic mass is 16.5. The summed E-state index contributed by atoms with van der Waals surface area (Å²) < 4.78 is 10.3. The number of hydrogen-bond acceptors (Lipinski definition) is 4. The van der Waals surface area contributed by atoms with Crippen LogP contribution in [0, 0.1) is 6.92 Å². The van der Waals surface area contributed by atoms with Crippen molar-refractivity contribution in [2.24, 2.45) is 0 Å². The number of carbonyl (C=O) groups is 1. The summed E-state index contributed by atoms with van der Waals surface area (Å²) in [6.07, 6.45) is 1.67. The van der Waals surface area contributed by atoms with Crippen molar-refractivity contribution in [1.29, 1.82) is 0 Å². The molecule has 18 heavy (non-hydrogen) atoms. The lowest BCUT2D eigenvalue weighted by Crippen LogP contribution is -1.93. The van der Waals surface area contributed by atoms with Crippen molar-refractivity contribution < 1.29 is 19.1 Å². The SMILES string of the molecule is COc1ccc(Cc2ncc(C(=O)O)o2)cc1C. The van der Waals surface area contributed by atoms with E-state index in [4.69, 9.17) is 14.3 Å². The van der Waals surface area contributed by atoms with Gasteiger partial charge in [0.25, 0.3) is 0 Å². The number of aryl methyl sites for hydroxylation is 1. The largest absolute Gasteiger partial charge is 0.496 e. The van der Waals surface area contributed by atoms with E-state index in [1.54, 1.807) is 7.11 Å². The molecule has 0 saturated heterocycles. The van der Waals surface area contributed by atoms with Gasteiger partial charge in [0.2, 0.25) is 5.76 Å². The van der Waals surface area contributed by atoms with Gasteiger partial charge in [0.05, 0.1) is 13.3 Å². The van der Waals surface area contributed by atoms with E-state index in [9.17, 15) is 4.79 Å². The van der Waals surface area contributed by atoms with E-state index in [1.165, 1.54) is 6.20 Å². The Hall–Kier alpha value is -2.30. The van der Waals surface area contributed by atoms with E-state index in [0.29, 0.717) is 12.3 Å². The van der Waals surface area contributed by atoms with E-state index in [-0.39, 0.29) is 5.76 Å². The second-order valence-electron chi connectivity index (χ2n) is 3.90. The first kappa shape index (κ1) is 12.2. The number of methoxy groups -OCH3 is 1. The first-order chi connectivity index (χ1) is 8.60. The second-order valence-corrected chi connectivity index (χ2v) is 3.90. The monoisotopic (exact) mass is 247 g/mol. The van der Waals surface area contributed by atoms with Gasteiger partial charge in [0.1, 0.15) is 5.75 Å². The highest BCUT2D eigenvalue weighted by Crippen LogP contribution is 2.20. The number of nitrogens with zero attached hydrogens (tertiary/aromatic N) is 1. The maximum absolute atomic E-state index is 10.7. The molecule has 94 valence electrons. The minimum absolute atomic E-state index is 0.143. The van der Waals surface area contributed by atoms with Gasteiger partial charge in [-0.3, -0.25) is 0 Å². The van der Waals surface area contributed by atoms with Crippen molar-refractivity contribution in [1.82, 2.24) is 4.98 Å². The van der Waals surface area contributed by atoms with Crippen LogP contribution in [0.3, 0.4) is 0 Å². The van der Waals surface area contributed by atoms with E-state index >= 15 is 0 Å². The molecule has 0 atom stereocenters. The molecule has 0 aliphatic rings. The van der Waals surface area contributed by atoms with Gasteiger partial charge in [-0.25, -0.2) is 9.78 Å². The van der Waals surface area contributed by atoms with Gasteiger partial charge >= 0.3 is 5.97 Å². The minimum atomic E-state index is -1.11. The second kappa shape index (κ2) is 4.91. The van der Waals surface area contributed by atoms with E-state index < -0.39 is 5.97 Å². The summed E-state index contributed by atoms with van der Waals surface area (Å²) in [6, 6.07) is 5.73. The highest BCUT2D eigenvalue weighted by Gasteiger charge is 2.11. The fourth-order valence-corrected chi connectivity index (χ4v) is 1.72. The molecular formula is C13H13NO4. The molecule has 0 bridgehead atoms. The summed E-state index contributed by atoms with van der Waals surface area (Å²) in [5.41, 5.74) is 2.01. The van der Waals surface area contributed by atoms with Gasteiger partial charge < -0.3 is 14.3 Å². The topological polar surface area (TPSA) is 72.6 Å². The smallest absolute Gasteiger partial charge is 0.373 e. The molecule has 0 spiro atoms. The van der Waals surface area contributed by atoms with Crippen molar-refractivity contribution in [3.8, 4) is 5.75 Å².